The molecule has 1 unspecified atom stereocenters. The Balaban J connectivity index is 2.33. The number of halogens is 2. The van der Waals surface area contributed by atoms with Crippen LogP contribution in [0.15, 0.2) is 42.5 Å². The third kappa shape index (κ3) is 2.63. The summed E-state index contributed by atoms with van der Waals surface area (Å²) < 4.78 is 18.8. The summed E-state index contributed by atoms with van der Waals surface area (Å²) in [4.78, 5) is 0. The molecule has 4 heteroatoms. The lowest BCUT2D eigenvalue weighted by molar-refractivity contribution is 0.410. The highest BCUT2D eigenvalue weighted by Crippen LogP contribution is 2.26. The first-order chi connectivity index (χ1) is 8.61. The largest absolute Gasteiger partial charge is 0.497 e. The van der Waals surface area contributed by atoms with Gasteiger partial charge in [0.15, 0.2) is 0 Å². The van der Waals surface area contributed by atoms with Crippen LogP contribution in [0.5, 0.6) is 5.75 Å². The molecule has 0 amide bonds. The SMILES string of the molecule is COc1ccc(C(N)c2ccc(Cl)cc2)c(F)c1. The van der Waals surface area contributed by atoms with Gasteiger partial charge < -0.3 is 10.5 Å². The maximum absolute atomic E-state index is 13.9. The molecule has 2 aromatic carbocycles. The van der Waals surface area contributed by atoms with E-state index < -0.39 is 6.04 Å². The fourth-order valence-electron chi connectivity index (χ4n) is 1.74. The summed E-state index contributed by atoms with van der Waals surface area (Å²) in [5, 5.41) is 0.626. The molecule has 0 aromatic heterocycles. The monoisotopic (exact) mass is 265 g/mol. The quantitative estimate of drug-likeness (QED) is 0.921. The molecule has 18 heavy (non-hydrogen) atoms. The van der Waals surface area contributed by atoms with E-state index in [4.69, 9.17) is 22.1 Å². The summed E-state index contributed by atoms with van der Waals surface area (Å²) in [5.41, 5.74) is 7.27. The van der Waals surface area contributed by atoms with Crippen LogP contribution in [0, 0.1) is 5.82 Å². The van der Waals surface area contributed by atoms with Gasteiger partial charge in [-0.05, 0) is 23.8 Å². The van der Waals surface area contributed by atoms with Crippen LogP contribution in [0.1, 0.15) is 17.2 Å². The first kappa shape index (κ1) is 12.9. The Morgan fingerprint density at radius 2 is 1.83 bits per heavy atom. The van der Waals surface area contributed by atoms with Gasteiger partial charge in [0.05, 0.1) is 13.2 Å². The second kappa shape index (κ2) is 5.38. The lowest BCUT2D eigenvalue weighted by Gasteiger charge is -2.14. The van der Waals surface area contributed by atoms with Crippen LogP contribution >= 0.6 is 11.6 Å². The summed E-state index contributed by atoms with van der Waals surface area (Å²) in [5.74, 6) is 0.0938. The average molecular weight is 266 g/mol. The van der Waals surface area contributed by atoms with Crippen molar-refractivity contribution >= 4 is 11.6 Å². The van der Waals surface area contributed by atoms with Crippen molar-refractivity contribution in [2.24, 2.45) is 5.73 Å². The average Bonchev–Trinajstić information content (AvgIpc) is 2.38. The van der Waals surface area contributed by atoms with Crippen molar-refractivity contribution < 1.29 is 9.13 Å². The Kier molecular flexibility index (Phi) is 3.84. The van der Waals surface area contributed by atoms with E-state index in [1.54, 1.807) is 36.4 Å². The Hall–Kier alpha value is -1.58. The van der Waals surface area contributed by atoms with Crippen molar-refractivity contribution in [1.29, 1.82) is 0 Å². The molecule has 2 rings (SSSR count). The summed E-state index contributed by atoms with van der Waals surface area (Å²) in [6.45, 7) is 0. The Labute approximate surface area is 110 Å². The number of ether oxygens (including phenoxy) is 1. The van der Waals surface area contributed by atoms with Gasteiger partial charge in [-0.3, -0.25) is 0 Å². The highest BCUT2D eigenvalue weighted by Gasteiger charge is 2.14. The van der Waals surface area contributed by atoms with Crippen molar-refractivity contribution in [2.45, 2.75) is 6.04 Å². The first-order valence-electron chi connectivity index (χ1n) is 5.46. The summed E-state index contributed by atoms with van der Waals surface area (Å²) in [7, 11) is 1.49. The zero-order valence-electron chi connectivity index (χ0n) is 9.86. The maximum Gasteiger partial charge on any atom is 0.132 e. The van der Waals surface area contributed by atoms with Crippen LogP contribution < -0.4 is 10.5 Å². The predicted molar refractivity (Wildman–Crippen MR) is 70.4 cm³/mol. The molecule has 2 N–H and O–H groups in total. The number of hydrogen-bond acceptors (Lipinski definition) is 2. The van der Waals surface area contributed by atoms with Crippen LogP contribution in [0.2, 0.25) is 5.02 Å². The zero-order chi connectivity index (χ0) is 13.1. The van der Waals surface area contributed by atoms with Crippen LogP contribution in [0.4, 0.5) is 4.39 Å². The van der Waals surface area contributed by atoms with Gasteiger partial charge in [-0.25, -0.2) is 4.39 Å². The summed E-state index contributed by atoms with van der Waals surface area (Å²) >= 11 is 5.80. The molecule has 0 saturated heterocycles. The molecule has 0 fully saturated rings. The molecule has 94 valence electrons. The third-order valence-electron chi connectivity index (χ3n) is 2.77. The fourth-order valence-corrected chi connectivity index (χ4v) is 1.86. The normalized spacial score (nSPS) is 12.2. The van der Waals surface area contributed by atoms with Crippen molar-refractivity contribution in [3.05, 3.63) is 64.4 Å². The molecule has 0 aliphatic heterocycles. The van der Waals surface area contributed by atoms with Gasteiger partial charge in [-0.2, -0.15) is 0 Å². The maximum atomic E-state index is 13.9. The molecule has 1 atom stereocenters. The minimum Gasteiger partial charge on any atom is -0.497 e. The van der Waals surface area contributed by atoms with Gasteiger partial charge in [0.1, 0.15) is 11.6 Å². The predicted octanol–water partition coefficient (Wildman–Crippen LogP) is 3.54. The molecular weight excluding hydrogens is 253 g/mol. The van der Waals surface area contributed by atoms with Gasteiger partial charge in [0, 0.05) is 16.7 Å². The smallest absolute Gasteiger partial charge is 0.132 e. The van der Waals surface area contributed by atoms with E-state index in [0.29, 0.717) is 16.3 Å². The Bertz CT molecular complexity index is 542. The number of benzene rings is 2. The number of hydrogen-bond donors (Lipinski definition) is 1. The molecule has 0 heterocycles. The van der Waals surface area contributed by atoms with E-state index in [-0.39, 0.29) is 5.82 Å². The third-order valence-corrected chi connectivity index (χ3v) is 3.02. The summed E-state index contributed by atoms with van der Waals surface area (Å²) in [6.07, 6.45) is 0. The van der Waals surface area contributed by atoms with E-state index in [0.717, 1.165) is 5.56 Å². The van der Waals surface area contributed by atoms with Gasteiger partial charge in [0.2, 0.25) is 0 Å². The van der Waals surface area contributed by atoms with Gasteiger partial charge in [-0.15, -0.1) is 0 Å². The first-order valence-corrected chi connectivity index (χ1v) is 5.84. The van der Waals surface area contributed by atoms with Gasteiger partial charge in [0.25, 0.3) is 0 Å². The van der Waals surface area contributed by atoms with Crippen LogP contribution in [0.25, 0.3) is 0 Å². The van der Waals surface area contributed by atoms with Crippen molar-refractivity contribution in [2.75, 3.05) is 7.11 Å². The molecule has 2 nitrogen and oxygen atoms in total. The number of methoxy groups -OCH3 is 1. The van der Waals surface area contributed by atoms with Crippen molar-refractivity contribution in [1.82, 2.24) is 0 Å². The van der Waals surface area contributed by atoms with E-state index in [9.17, 15) is 4.39 Å². The molecule has 0 radical (unpaired) electrons. The van der Waals surface area contributed by atoms with E-state index in [1.807, 2.05) is 0 Å². The lowest BCUT2D eigenvalue weighted by atomic mass is 9.99. The topological polar surface area (TPSA) is 35.2 Å². The lowest BCUT2D eigenvalue weighted by Crippen LogP contribution is -2.13. The van der Waals surface area contributed by atoms with E-state index in [1.165, 1.54) is 13.2 Å². The van der Waals surface area contributed by atoms with Crippen LogP contribution in [-0.4, -0.2) is 7.11 Å². The van der Waals surface area contributed by atoms with Gasteiger partial charge >= 0.3 is 0 Å². The van der Waals surface area contributed by atoms with E-state index >= 15 is 0 Å². The molecular formula is C14H13ClFNO. The number of nitrogens with two attached hydrogens (primary N) is 1. The van der Waals surface area contributed by atoms with Gasteiger partial charge in [-0.1, -0.05) is 29.8 Å². The van der Waals surface area contributed by atoms with Crippen LogP contribution in [-0.2, 0) is 0 Å². The molecule has 0 bridgehead atoms. The van der Waals surface area contributed by atoms with Crippen molar-refractivity contribution in [3.63, 3.8) is 0 Å². The zero-order valence-corrected chi connectivity index (χ0v) is 10.6. The second-order valence-corrected chi connectivity index (χ2v) is 4.35. The highest BCUT2D eigenvalue weighted by atomic mass is 35.5. The highest BCUT2D eigenvalue weighted by molar-refractivity contribution is 6.30. The molecule has 0 spiro atoms. The Morgan fingerprint density at radius 3 is 2.39 bits per heavy atom. The molecule has 0 aliphatic rings. The van der Waals surface area contributed by atoms with Crippen molar-refractivity contribution in [3.8, 4) is 5.75 Å². The Morgan fingerprint density at radius 1 is 1.17 bits per heavy atom. The fraction of sp³-hybridized carbons (Fsp3) is 0.143. The minimum absolute atomic E-state index is 0.378. The minimum atomic E-state index is -0.520. The van der Waals surface area contributed by atoms with E-state index in [2.05, 4.69) is 0 Å². The number of rotatable bonds is 3. The second-order valence-electron chi connectivity index (χ2n) is 3.92. The summed E-state index contributed by atoms with van der Waals surface area (Å²) in [6, 6.07) is 11.2. The molecule has 2 aromatic rings. The molecule has 0 saturated carbocycles. The van der Waals surface area contributed by atoms with Crippen LogP contribution in [0.3, 0.4) is 0 Å². The standard InChI is InChI=1S/C14H13ClFNO/c1-18-11-6-7-12(13(16)8-11)14(17)9-2-4-10(15)5-3-9/h2-8,14H,17H2,1H3. The molecule has 0 aliphatic carbocycles.